The Balaban J connectivity index is 0.000000605. The summed E-state index contributed by atoms with van der Waals surface area (Å²) < 4.78 is 1.18. The van der Waals surface area contributed by atoms with Crippen LogP contribution in [0.3, 0.4) is 0 Å². The lowest BCUT2D eigenvalue weighted by Crippen LogP contribution is -1.91. The molecular formula is C8H9BrClN. The third kappa shape index (κ3) is 1.52. The van der Waals surface area contributed by atoms with Crippen molar-refractivity contribution in [3.05, 3.63) is 28.2 Å². The number of halogens is 2. The fourth-order valence-electron chi connectivity index (χ4n) is 1.30. The zero-order valence-corrected chi connectivity index (χ0v) is 8.33. The van der Waals surface area contributed by atoms with Gasteiger partial charge in [-0.25, -0.2) is 0 Å². The van der Waals surface area contributed by atoms with E-state index in [0.29, 0.717) is 0 Å². The van der Waals surface area contributed by atoms with Crippen molar-refractivity contribution in [2.24, 2.45) is 0 Å². The first-order chi connectivity index (χ1) is 4.88. The third-order valence-electron chi connectivity index (χ3n) is 1.80. The van der Waals surface area contributed by atoms with Gasteiger partial charge in [0.2, 0.25) is 0 Å². The molecular weight excluding hydrogens is 225 g/mol. The Hall–Kier alpha value is -0.210. The van der Waals surface area contributed by atoms with Gasteiger partial charge in [-0.3, -0.25) is 0 Å². The molecule has 0 radical (unpaired) electrons. The Kier molecular flexibility index (Phi) is 2.79. The van der Waals surface area contributed by atoms with Crippen LogP contribution in [0.25, 0.3) is 0 Å². The summed E-state index contributed by atoms with van der Waals surface area (Å²) in [6.45, 7) is 1.08. The number of benzene rings is 1. The molecule has 1 aromatic carbocycles. The second-order valence-electron chi connectivity index (χ2n) is 2.45. The Bertz CT molecular complexity index is 262. The van der Waals surface area contributed by atoms with Crippen molar-refractivity contribution < 1.29 is 0 Å². The highest BCUT2D eigenvalue weighted by molar-refractivity contribution is 9.10. The van der Waals surface area contributed by atoms with E-state index in [4.69, 9.17) is 0 Å². The lowest BCUT2D eigenvalue weighted by Gasteiger charge is -2.00. The Morgan fingerprint density at radius 1 is 1.36 bits per heavy atom. The summed E-state index contributed by atoms with van der Waals surface area (Å²) in [7, 11) is 0. The fourth-order valence-corrected chi connectivity index (χ4v) is 1.84. The van der Waals surface area contributed by atoms with Crippen molar-refractivity contribution in [3.63, 3.8) is 0 Å². The maximum atomic E-state index is 3.48. The van der Waals surface area contributed by atoms with E-state index in [0.717, 1.165) is 13.0 Å². The molecule has 0 aliphatic carbocycles. The summed E-state index contributed by atoms with van der Waals surface area (Å²) >= 11 is 3.48. The first-order valence-corrected chi connectivity index (χ1v) is 4.18. The van der Waals surface area contributed by atoms with Gasteiger partial charge in [0.1, 0.15) is 0 Å². The SMILES string of the molecule is Brc1cccc2c1NCC2.Cl. The molecule has 0 spiro atoms. The smallest absolute Gasteiger partial charge is 0.0517 e. The van der Waals surface area contributed by atoms with E-state index in [2.05, 4.69) is 39.4 Å². The van der Waals surface area contributed by atoms with Crippen molar-refractivity contribution in [1.82, 2.24) is 0 Å². The number of nitrogens with one attached hydrogen (secondary N) is 1. The zero-order chi connectivity index (χ0) is 6.97. The molecule has 2 rings (SSSR count). The molecule has 0 fully saturated rings. The van der Waals surface area contributed by atoms with Crippen LogP contribution in [0, 0.1) is 0 Å². The highest BCUT2D eigenvalue weighted by atomic mass is 79.9. The highest BCUT2D eigenvalue weighted by Gasteiger charge is 2.10. The Morgan fingerprint density at radius 2 is 2.18 bits per heavy atom. The van der Waals surface area contributed by atoms with Crippen molar-refractivity contribution >= 4 is 34.0 Å². The monoisotopic (exact) mass is 233 g/mol. The number of rotatable bonds is 0. The van der Waals surface area contributed by atoms with Crippen molar-refractivity contribution in [3.8, 4) is 0 Å². The largest absolute Gasteiger partial charge is 0.384 e. The van der Waals surface area contributed by atoms with Crippen LogP contribution >= 0.6 is 28.3 Å². The van der Waals surface area contributed by atoms with Gasteiger partial charge in [0.25, 0.3) is 0 Å². The van der Waals surface area contributed by atoms with Crippen LogP contribution in [0.5, 0.6) is 0 Å². The maximum Gasteiger partial charge on any atom is 0.0517 e. The van der Waals surface area contributed by atoms with Gasteiger partial charge in [0.05, 0.1) is 5.69 Å². The molecule has 0 aromatic heterocycles. The fraction of sp³-hybridized carbons (Fsp3) is 0.250. The molecule has 1 heterocycles. The van der Waals surface area contributed by atoms with Gasteiger partial charge in [-0.15, -0.1) is 12.4 Å². The van der Waals surface area contributed by atoms with Gasteiger partial charge < -0.3 is 5.32 Å². The van der Waals surface area contributed by atoms with Crippen LogP contribution in [0.2, 0.25) is 0 Å². The van der Waals surface area contributed by atoms with E-state index in [-0.39, 0.29) is 12.4 Å². The van der Waals surface area contributed by atoms with E-state index in [1.807, 2.05) is 0 Å². The van der Waals surface area contributed by atoms with Crippen LogP contribution < -0.4 is 5.32 Å². The molecule has 1 aromatic rings. The lowest BCUT2D eigenvalue weighted by molar-refractivity contribution is 1.11. The van der Waals surface area contributed by atoms with Crippen molar-refractivity contribution in [2.45, 2.75) is 6.42 Å². The molecule has 1 aliphatic rings. The molecule has 1 nitrogen and oxygen atoms in total. The molecule has 0 bridgehead atoms. The van der Waals surface area contributed by atoms with Crippen molar-refractivity contribution in [1.29, 1.82) is 0 Å². The van der Waals surface area contributed by atoms with E-state index in [9.17, 15) is 0 Å². The molecule has 0 unspecified atom stereocenters. The van der Waals surface area contributed by atoms with E-state index >= 15 is 0 Å². The second kappa shape index (κ2) is 3.46. The molecule has 1 aliphatic heterocycles. The van der Waals surface area contributed by atoms with E-state index in [1.54, 1.807) is 0 Å². The van der Waals surface area contributed by atoms with E-state index < -0.39 is 0 Å². The summed E-state index contributed by atoms with van der Waals surface area (Å²) in [4.78, 5) is 0. The summed E-state index contributed by atoms with van der Waals surface area (Å²) in [6.07, 6.45) is 1.16. The third-order valence-corrected chi connectivity index (χ3v) is 2.46. The standard InChI is InChI=1S/C8H8BrN.ClH/c9-7-3-1-2-6-4-5-10-8(6)7;/h1-3,10H,4-5H2;1H. The molecule has 0 amide bonds. The quantitative estimate of drug-likeness (QED) is 0.728. The molecule has 0 saturated heterocycles. The van der Waals surface area contributed by atoms with Gasteiger partial charge >= 0.3 is 0 Å². The first kappa shape index (κ1) is 8.88. The summed E-state index contributed by atoms with van der Waals surface area (Å²) in [5.41, 5.74) is 2.71. The van der Waals surface area contributed by atoms with Crippen molar-refractivity contribution in [2.75, 3.05) is 11.9 Å². The average molecular weight is 235 g/mol. The number of para-hydroxylation sites is 1. The normalized spacial score (nSPS) is 13.2. The number of anilines is 1. The Labute approximate surface area is 80.7 Å². The second-order valence-corrected chi connectivity index (χ2v) is 3.31. The molecule has 0 atom stereocenters. The topological polar surface area (TPSA) is 12.0 Å². The summed E-state index contributed by atoms with van der Waals surface area (Å²) in [6, 6.07) is 6.31. The van der Waals surface area contributed by atoms with Gasteiger partial charge in [-0.05, 0) is 34.0 Å². The van der Waals surface area contributed by atoms with Gasteiger partial charge in [-0.1, -0.05) is 12.1 Å². The molecule has 0 saturated carbocycles. The van der Waals surface area contributed by atoms with Crippen LogP contribution in [0.1, 0.15) is 5.56 Å². The number of hydrogen-bond donors (Lipinski definition) is 1. The average Bonchev–Trinajstić information content (AvgIpc) is 2.36. The minimum Gasteiger partial charge on any atom is -0.384 e. The van der Waals surface area contributed by atoms with Gasteiger partial charge in [-0.2, -0.15) is 0 Å². The van der Waals surface area contributed by atoms with E-state index in [1.165, 1.54) is 15.7 Å². The number of fused-ring (bicyclic) bond motifs is 1. The summed E-state index contributed by atoms with van der Waals surface area (Å²) in [5.74, 6) is 0. The lowest BCUT2D eigenvalue weighted by atomic mass is 10.2. The molecule has 1 N–H and O–H groups in total. The number of hydrogen-bond acceptors (Lipinski definition) is 1. The van der Waals surface area contributed by atoms with Gasteiger partial charge in [0, 0.05) is 11.0 Å². The predicted molar refractivity (Wildman–Crippen MR) is 53.6 cm³/mol. The highest BCUT2D eigenvalue weighted by Crippen LogP contribution is 2.29. The van der Waals surface area contributed by atoms with Crippen LogP contribution in [-0.4, -0.2) is 6.54 Å². The van der Waals surface area contributed by atoms with Crippen LogP contribution in [0.15, 0.2) is 22.7 Å². The molecule has 11 heavy (non-hydrogen) atoms. The minimum absolute atomic E-state index is 0. The molecule has 3 heteroatoms. The van der Waals surface area contributed by atoms with Crippen LogP contribution in [-0.2, 0) is 6.42 Å². The summed E-state index contributed by atoms with van der Waals surface area (Å²) in [5, 5.41) is 3.32. The van der Waals surface area contributed by atoms with Crippen LogP contribution in [0.4, 0.5) is 5.69 Å². The maximum absolute atomic E-state index is 3.48. The van der Waals surface area contributed by atoms with Gasteiger partial charge in [0.15, 0.2) is 0 Å². The zero-order valence-electron chi connectivity index (χ0n) is 5.93. The Morgan fingerprint density at radius 3 is 2.91 bits per heavy atom. The predicted octanol–water partition coefficient (Wildman–Crippen LogP) is 2.84. The molecule has 60 valence electrons. The minimum atomic E-state index is 0. The first-order valence-electron chi connectivity index (χ1n) is 3.39.